The smallest absolute Gasteiger partial charge is 0.116 e. The summed E-state index contributed by atoms with van der Waals surface area (Å²) in [6.45, 7) is 7.83. The molecule has 0 N–H and O–H groups in total. The van der Waals surface area contributed by atoms with Gasteiger partial charge in [-0.1, -0.05) is 32.6 Å². The van der Waals surface area contributed by atoms with E-state index in [9.17, 15) is 0 Å². The summed E-state index contributed by atoms with van der Waals surface area (Å²) in [5, 5.41) is 0. The molecule has 0 radical (unpaired) electrons. The Morgan fingerprint density at radius 3 is 2.77 bits per heavy atom. The zero-order valence-corrected chi connectivity index (χ0v) is 8.07. The third kappa shape index (κ3) is 2.82. The molecule has 1 aromatic rings. The van der Waals surface area contributed by atoms with Gasteiger partial charge >= 0.3 is 0 Å². The lowest BCUT2D eigenvalue weighted by atomic mass is 10.1. The van der Waals surface area contributed by atoms with Crippen LogP contribution >= 0.6 is 0 Å². The van der Waals surface area contributed by atoms with Crippen LogP contribution in [0.4, 0.5) is 0 Å². The molecule has 2 nitrogen and oxygen atoms in total. The van der Waals surface area contributed by atoms with Gasteiger partial charge in [0.15, 0.2) is 0 Å². The maximum Gasteiger partial charge on any atom is 0.116 e. The van der Waals surface area contributed by atoms with Crippen LogP contribution in [0.15, 0.2) is 31.1 Å². The van der Waals surface area contributed by atoms with Crippen LogP contribution in [-0.4, -0.2) is 9.97 Å². The van der Waals surface area contributed by atoms with Gasteiger partial charge in [-0.05, 0) is 18.1 Å². The second kappa shape index (κ2) is 4.55. The molecule has 0 fully saturated rings. The van der Waals surface area contributed by atoms with Crippen LogP contribution in [0.1, 0.15) is 31.2 Å². The molecule has 0 atom stereocenters. The van der Waals surface area contributed by atoms with Crippen molar-refractivity contribution in [2.45, 2.75) is 19.8 Å². The van der Waals surface area contributed by atoms with Gasteiger partial charge in [0.05, 0.1) is 5.69 Å². The maximum atomic E-state index is 4.18. The molecule has 0 aliphatic carbocycles. The molecule has 0 amide bonds. The molecule has 0 unspecified atom stereocenters. The van der Waals surface area contributed by atoms with Crippen LogP contribution in [0.2, 0.25) is 0 Å². The summed E-state index contributed by atoms with van der Waals surface area (Å²) >= 11 is 0. The molecule has 0 aromatic carbocycles. The van der Waals surface area contributed by atoms with Gasteiger partial charge in [0.1, 0.15) is 6.33 Å². The van der Waals surface area contributed by atoms with Crippen LogP contribution in [0, 0.1) is 0 Å². The zero-order chi connectivity index (χ0) is 9.68. The van der Waals surface area contributed by atoms with E-state index in [0.29, 0.717) is 5.92 Å². The fourth-order valence-electron chi connectivity index (χ4n) is 0.962. The summed E-state index contributed by atoms with van der Waals surface area (Å²) in [5.41, 5.74) is 2.00. The molecule has 0 saturated carbocycles. The SMILES string of the molecule is C=C/C=C\c1cc(C(C)C)ncn1. The second-order valence-corrected chi connectivity index (χ2v) is 3.12. The van der Waals surface area contributed by atoms with Crippen LogP contribution < -0.4 is 0 Å². The molecule has 1 heterocycles. The third-order valence-corrected chi connectivity index (χ3v) is 1.70. The van der Waals surface area contributed by atoms with Crippen LogP contribution in [0.3, 0.4) is 0 Å². The number of allylic oxidation sites excluding steroid dienone is 2. The summed E-state index contributed by atoms with van der Waals surface area (Å²) < 4.78 is 0. The fourth-order valence-corrected chi connectivity index (χ4v) is 0.962. The van der Waals surface area contributed by atoms with Gasteiger partial charge in [-0.3, -0.25) is 0 Å². The first-order valence-corrected chi connectivity index (χ1v) is 4.35. The van der Waals surface area contributed by atoms with Crippen LogP contribution in [-0.2, 0) is 0 Å². The van der Waals surface area contributed by atoms with E-state index in [-0.39, 0.29) is 0 Å². The Labute approximate surface area is 79.0 Å². The summed E-state index contributed by atoms with van der Waals surface area (Å²) in [4.78, 5) is 8.29. The maximum absolute atomic E-state index is 4.18. The van der Waals surface area contributed by atoms with Crippen molar-refractivity contribution in [1.29, 1.82) is 0 Å². The van der Waals surface area contributed by atoms with Crippen molar-refractivity contribution in [2.75, 3.05) is 0 Å². The largest absolute Gasteiger partial charge is 0.241 e. The lowest BCUT2D eigenvalue weighted by Gasteiger charge is -2.03. The summed E-state index contributed by atoms with van der Waals surface area (Å²) in [5.74, 6) is 0.443. The minimum Gasteiger partial charge on any atom is -0.241 e. The monoisotopic (exact) mass is 174 g/mol. The van der Waals surface area contributed by atoms with E-state index in [4.69, 9.17) is 0 Å². The minimum atomic E-state index is 0.443. The number of hydrogen-bond acceptors (Lipinski definition) is 2. The predicted octanol–water partition coefficient (Wildman–Crippen LogP) is 2.80. The molecular formula is C11H14N2. The second-order valence-electron chi connectivity index (χ2n) is 3.12. The number of rotatable bonds is 3. The minimum absolute atomic E-state index is 0.443. The van der Waals surface area contributed by atoms with E-state index in [0.717, 1.165) is 11.4 Å². The average Bonchev–Trinajstić information content (AvgIpc) is 2.15. The quantitative estimate of drug-likeness (QED) is 0.658. The molecule has 0 bridgehead atoms. The first kappa shape index (κ1) is 9.65. The predicted molar refractivity (Wildman–Crippen MR) is 55.4 cm³/mol. The van der Waals surface area contributed by atoms with Gasteiger partial charge in [-0.25, -0.2) is 9.97 Å². The highest BCUT2D eigenvalue weighted by molar-refractivity contribution is 5.46. The lowest BCUT2D eigenvalue weighted by molar-refractivity contribution is 0.812. The van der Waals surface area contributed by atoms with E-state index >= 15 is 0 Å². The fraction of sp³-hybridized carbons (Fsp3) is 0.273. The van der Waals surface area contributed by atoms with Gasteiger partial charge in [0.25, 0.3) is 0 Å². The van der Waals surface area contributed by atoms with Gasteiger partial charge in [0, 0.05) is 5.69 Å². The molecule has 0 saturated heterocycles. The van der Waals surface area contributed by atoms with Crippen molar-refractivity contribution in [3.05, 3.63) is 42.5 Å². The topological polar surface area (TPSA) is 25.8 Å². The first-order valence-electron chi connectivity index (χ1n) is 4.35. The van der Waals surface area contributed by atoms with Crippen molar-refractivity contribution >= 4 is 6.08 Å². The molecule has 1 aromatic heterocycles. The summed E-state index contributed by atoms with van der Waals surface area (Å²) in [6.07, 6.45) is 7.11. The van der Waals surface area contributed by atoms with Crippen molar-refractivity contribution in [3.8, 4) is 0 Å². The van der Waals surface area contributed by atoms with E-state index < -0.39 is 0 Å². The Morgan fingerprint density at radius 1 is 1.38 bits per heavy atom. The van der Waals surface area contributed by atoms with Crippen LogP contribution in [0.25, 0.3) is 6.08 Å². The average molecular weight is 174 g/mol. The first-order chi connectivity index (χ1) is 6.24. The third-order valence-electron chi connectivity index (χ3n) is 1.70. The Bertz CT molecular complexity index is 314. The molecular weight excluding hydrogens is 160 g/mol. The Morgan fingerprint density at radius 2 is 2.15 bits per heavy atom. The summed E-state index contributed by atoms with van der Waals surface area (Å²) in [7, 11) is 0. The Hall–Kier alpha value is -1.44. The van der Waals surface area contributed by atoms with Gasteiger partial charge in [-0.15, -0.1) is 0 Å². The van der Waals surface area contributed by atoms with Crippen molar-refractivity contribution < 1.29 is 0 Å². The van der Waals surface area contributed by atoms with E-state index in [1.807, 2.05) is 18.2 Å². The normalized spacial score (nSPS) is 11.0. The highest BCUT2D eigenvalue weighted by atomic mass is 14.8. The standard InChI is InChI=1S/C11H14N2/c1-4-5-6-10-7-11(9(2)3)13-8-12-10/h4-9H,1H2,2-3H3/b6-5-. The number of hydrogen-bond donors (Lipinski definition) is 0. The molecule has 1 rings (SSSR count). The van der Waals surface area contributed by atoms with E-state index in [2.05, 4.69) is 30.4 Å². The highest BCUT2D eigenvalue weighted by Crippen LogP contribution is 2.11. The summed E-state index contributed by atoms with van der Waals surface area (Å²) in [6, 6.07) is 1.99. The van der Waals surface area contributed by atoms with Crippen molar-refractivity contribution in [2.24, 2.45) is 0 Å². The molecule has 68 valence electrons. The molecule has 13 heavy (non-hydrogen) atoms. The Kier molecular flexibility index (Phi) is 3.38. The molecule has 0 spiro atoms. The highest BCUT2D eigenvalue weighted by Gasteiger charge is 2.00. The van der Waals surface area contributed by atoms with E-state index in [1.54, 1.807) is 12.4 Å². The molecule has 2 heteroatoms. The number of nitrogens with zero attached hydrogens (tertiary/aromatic N) is 2. The van der Waals surface area contributed by atoms with Crippen molar-refractivity contribution in [1.82, 2.24) is 9.97 Å². The lowest BCUT2D eigenvalue weighted by Crippen LogP contribution is -1.94. The molecule has 0 aliphatic heterocycles. The van der Waals surface area contributed by atoms with Crippen molar-refractivity contribution in [3.63, 3.8) is 0 Å². The van der Waals surface area contributed by atoms with Crippen LogP contribution in [0.5, 0.6) is 0 Å². The van der Waals surface area contributed by atoms with Gasteiger partial charge < -0.3 is 0 Å². The van der Waals surface area contributed by atoms with Gasteiger partial charge in [0.2, 0.25) is 0 Å². The van der Waals surface area contributed by atoms with Gasteiger partial charge in [-0.2, -0.15) is 0 Å². The Balaban J connectivity index is 2.91. The number of aromatic nitrogens is 2. The zero-order valence-electron chi connectivity index (χ0n) is 8.07. The molecule has 0 aliphatic rings. The van der Waals surface area contributed by atoms with E-state index in [1.165, 1.54) is 0 Å².